The Bertz CT molecular complexity index is 937. The number of guanidine groups is 1. The first-order valence-corrected chi connectivity index (χ1v) is 9.55. The highest BCUT2D eigenvalue weighted by Gasteiger charge is 2.07. The average Bonchev–Trinajstić information content (AvgIpc) is 3.09. The number of aliphatic imine (C=N–C) groups is 1. The van der Waals surface area contributed by atoms with Crippen LogP contribution in [0.25, 0.3) is 10.9 Å². The summed E-state index contributed by atoms with van der Waals surface area (Å²) in [5.41, 5.74) is 2.90. The highest BCUT2D eigenvalue weighted by molar-refractivity contribution is 5.83. The zero-order chi connectivity index (χ0) is 19.8. The van der Waals surface area contributed by atoms with E-state index >= 15 is 0 Å². The predicted octanol–water partition coefficient (Wildman–Crippen LogP) is 3.40. The number of aromatic nitrogens is 2. The fraction of sp³-hybridized carbons (Fsp3) is 0.333. The predicted molar refractivity (Wildman–Crippen MR) is 110 cm³/mol. The van der Waals surface area contributed by atoms with E-state index in [1.165, 1.54) is 12.1 Å². The van der Waals surface area contributed by atoms with Crippen LogP contribution in [0.1, 0.15) is 25.0 Å². The Morgan fingerprint density at radius 3 is 2.93 bits per heavy atom. The molecule has 6 nitrogen and oxygen atoms in total. The fourth-order valence-corrected chi connectivity index (χ4v) is 3.00. The van der Waals surface area contributed by atoms with Crippen molar-refractivity contribution < 1.29 is 9.13 Å². The number of aromatic amines is 1. The van der Waals surface area contributed by atoms with Gasteiger partial charge >= 0.3 is 0 Å². The minimum absolute atomic E-state index is 0.234. The minimum atomic E-state index is -0.234. The zero-order valence-corrected chi connectivity index (χ0v) is 16.3. The molecule has 0 spiro atoms. The molecule has 0 amide bonds. The van der Waals surface area contributed by atoms with Gasteiger partial charge in [-0.1, -0.05) is 6.07 Å². The molecule has 0 aliphatic carbocycles. The van der Waals surface area contributed by atoms with Crippen LogP contribution in [-0.2, 0) is 13.0 Å². The molecule has 0 aliphatic rings. The minimum Gasteiger partial charge on any atom is -0.478 e. The van der Waals surface area contributed by atoms with Crippen LogP contribution in [0.3, 0.4) is 0 Å². The number of rotatable bonds is 8. The van der Waals surface area contributed by atoms with Crippen molar-refractivity contribution in [3.05, 3.63) is 59.7 Å². The number of fused-ring (bicyclic) bond motifs is 1. The molecule has 3 rings (SSSR count). The quantitative estimate of drug-likeness (QED) is 0.412. The Labute approximate surface area is 164 Å². The monoisotopic (exact) mass is 383 g/mol. The molecule has 0 unspecified atom stereocenters. The Hall–Kier alpha value is -3.09. The molecule has 148 valence electrons. The number of H-pyrrole nitrogens is 1. The summed E-state index contributed by atoms with van der Waals surface area (Å²) in [6.07, 6.45) is 4.45. The van der Waals surface area contributed by atoms with E-state index in [0.29, 0.717) is 25.6 Å². The molecule has 0 saturated carbocycles. The maximum absolute atomic E-state index is 13.3. The van der Waals surface area contributed by atoms with Crippen LogP contribution < -0.4 is 15.4 Å². The van der Waals surface area contributed by atoms with Gasteiger partial charge in [-0.05, 0) is 50.1 Å². The number of hydrogen-bond acceptors (Lipinski definition) is 3. The lowest BCUT2D eigenvalue weighted by atomic mass is 10.1. The first kappa shape index (κ1) is 19.7. The second-order valence-electron chi connectivity index (χ2n) is 6.28. The van der Waals surface area contributed by atoms with Crippen molar-refractivity contribution in [2.45, 2.75) is 26.8 Å². The van der Waals surface area contributed by atoms with E-state index in [1.807, 2.05) is 38.2 Å². The van der Waals surface area contributed by atoms with Crippen molar-refractivity contribution in [3.8, 4) is 5.88 Å². The Kier molecular flexibility index (Phi) is 6.84. The van der Waals surface area contributed by atoms with Gasteiger partial charge in [-0.25, -0.2) is 14.4 Å². The Morgan fingerprint density at radius 2 is 2.11 bits per heavy atom. The number of nitrogens with one attached hydrogen (secondary N) is 3. The molecule has 0 atom stereocenters. The maximum atomic E-state index is 13.3. The molecule has 0 aliphatic heterocycles. The topological polar surface area (TPSA) is 74.3 Å². The van der Waals surface area contributed by atoms with Gasteiger partial charge in [0.05, 0.1) is 13.2 Å². The molecule has 0 radical (unpaired) electrons. The normalized spacial score (nSPS) is 11.6. The van der Waals surface area contributed by atoms with Crippen molar-refractivity contribution in [2.75, 3.05) is 19.7 Å². The number of ether oxygens (including phenoxy) is 1. The van der Waals surface area contributed by atoms with Gasteiger partial charge in [-0.2, -0.15) is 0 Å². The Balaban J connectivity index is 1.62. The summed E-state index contributed by atoms with van der Waals surface area (Å²) in [4.78, 5) is 12.0. The average molecular weight is 383 g/mol. The van der Waals surface area contributed by atoms with Crippen LogP contribution in [0.2, 0.25) is 0 Å². The first-order valence-electron chi connectivity index (χ1n) is 9.55. The van der Waals surface area contributed by atoms with Gasteiger partial charge in [0.15, 0.2) is 5.96 Å². The number of benzene rings is 1. The van der Waals surface area contributed by atoms with Gasteiger partial charge < -0.3 is 20.4 Å². The summed E-state index contributed by atoms with van der Waals surface area (Å²) in [6, 6.07) is 8.67. The molecule has 28 heavy (non-hydrogen) atoms. The van der Waals surface area contributed by atoms with Crippen molar-refractivity contribution in [2.24, 2.45) is 4.99 Å². The molecule has 2 heterocycles. The van der Waals surface area contributed by atoms with Crippen molar-refractivity contribution >= 4 is 16.9 Å². The molecular weight excluding hydrogens is 357 g/mol. The van der Waals surface area contributed by atoms with E-state index in [4.69, 9.17) is 4.74 Å². The molecular formula is C21H26FN5O. The highest BCUT2D eigenvalue weighted by Crippen LogP contribution is 2.19. The van der Waals surface area contributed by atoms with E-state index < -0.39 is 0 Å². The van der Waals surface area contributed by atoms with Gasteiger partial charge in [0.25, 0.3) is 0 Å². The SMILES string of the molecule is CCNC(=NCc1cccnc1OCC)NCCc1c[nH]c2cc(F)ccc12. The maximum Gasteiger partial charge on any atom is 0.218 e. The molecule has 0 saturated heterocycles. The second kappa shape index (κ2) is 9.73. The van der Waals surface area contributed by atoms with Crippen LogP contribution in [0.15, 0.2) is 47.7 Å². The molecule has 3 aromatic rings. The van der Waals surface area contributed by atoms with Crippen LogP contribution in [-0.4, -0.2) is 35.6 Å². The van der Waals surface area contributed by atoms with Gasteiger partial charge in [0.2, 0.25) is 5.88 Å². The van der Waals surface area contributed by atoms with E-state index in [9.17, 15) is 4.39 Å². The summed E-state index contributed by atoms with van der Waals surface area (Å²) in [6.45, 7) is 6.49. The van der Waals surface area contributed by atoms with E-state index in [0.717, 1.165) is 41.0 Å². The lowest BCUT2D eigenvalue weighted by molar-refractivity contribution is 0.323. The van der Waals surface area contributed by atoms with E-state index in [2.05, 4.69) is 25.6 Å². The number of halogens is 1. The van der Waals surface area contributed by atoms with Gasteiger partial charge in [-0.3, -0.25) is 0 Å². The molecule has 0 fully saturated rings. The second-order valence-corrected chi connectivity index (χ2v) is 6.28. The summed E-state index contributed by atoms with van der Waals surface area (Å²) in [7, 11) is 0. The third-order valence-electron chi connectivity index (χ3n) is 4.30. The third-order valence-corrected chi connectivity index (χ3v) is 4.30. The number of nitrogens with zero attached hydrogens (tertiary/aromatic N) is 2. The van der Waals surface area contributed by atoms with E-state index in [-0.39, 0.29) is 5.82 Å². The molecule has 3 N–H and O–H groups in total. The van der Waals surface area contributed by atoms with Crippen LogP contribution in [0.4, 0.5) is 4.39 Å². The van der Waals surface area contributed by atoms with Crippen molar-refractivity contribution in [1.82, 2.24) is 20.6 Å². The summed E-state index contributed by atoms with van der Waals surface area (Å²) in [5, 5.41) is 7.64. The van der Waals surface area contributed by atoms with Crippen molar-refractivity contribution in [3.63, 3.8) is 0 Å². The lowest BCUT2D eigenvalue weighted by Crippen LogP contribution is -2.38. The zero-order valence-electron chi connectivity index (χ0n) is 16.3. The molecule has 1 aromatic carbocycles. The number of pyridine rings is 1. The summed E-state index contributed by atoms with van der Waals surface area (Å²) >= 11 is 0. The molecule has 0 bridgehead atoms. The largest absolute Gasteiger partial charge is 0.478 e. The number of hydrogen-bond donors (Lipinski definition) is 3. The third kappa shape index (κ3) is 5.00. The fourth-order valence-electron chi connectivity index (χ4n) is 3.00. The van der Waals surface area contributed by atoms with Gasteiger partial charge in [0.1, 0.15) is 5.82 Å². The first-order chi connectivity index (χ1) is 13.7. The van der Waals surface area contributed by atoms with E-state index in [1.54, 1.807) is 6.20 Å². The smallest absolute Gasteiger partial charge is 0.218 e. The van der Waals surface area contributed by atoms with Crippen LogP contribution in [0.5, 0.6) is 5.88 Å². The van der Waals surface area contributed by atoms with Gasteiger partial charge in [-0.15, -0.1) is 0 Å². The van der Waals surface area contributed by atoms with Crippen LogP contribution >= 0.6 is 0 Å². The highest BCUT2D eigenvalue weighted by atomic mass is 19.1. The molecule has 2 aromatic heterocycles. The summed E-state index contributed by atoms with van der Waals surface area (Å²) in [5.74, 6) is 1.12. The standard InChI is InChI=1S/C21H26FN5O/c1-3-23-21(27-14-16-6-5-10-24-20(16)28-4-2)25-11-9-15-13-26-19-12-17(22)7-8-18(15)19/h5-8,10,12-13,26H,3-4,9,11,14H2,1-2H3,(H2,23,25,27). The lowest BCUT2D eigenvalue weighted by Gasteiger charge is -2.12. The molecule has 7 heteroatoms. The summed E-state index contributed by atoms with van der Waals surface area (Å²) < 4.78 is 18.9. The van der Waals surface area contributed by atoms with Gasteiger partial charge in [0, 0.05) is 41.9 Å². The van der Waals surface area contributed by atoms with Crippen LogP contribution in [0, 0.1) is 5.82 Å². The Morgan fingerprint density at radius 1 is 1.21 bits per heavy atom. The van der Waals surface area contributed by atoms with Crippen molar-refractivity contribution in [1.29, 1.82) is 0 Å².